The van der Waals surface area contributed by atoms with Gasteiger partial charge < -0.3 is 0 Å². The van der Waals surface area contributed by atoms with Crippen LogP contribution in [0.5, 0.6) is 0 Å². The molecule has 0 heterocycles. The van der Waals surface area contributed by atoms with Gasteiger partial charge in [0.25, 0.3) is 0 Å². The number of allylic oxidation sites excluding steroid dienone is 3. The largest absolute Gasteiger partial charge is 0.0795 e. The molecule has 0 amide bonds. The third-order valence-electron chi connectivity index (χ3n) is 20.3. The van der Waals surface area contributed by atoms with E-state index >= 15 is 0 Å². The number of benzene rings is 13. The minimum absolute atomic E-state index is 0.0917. The second kappa shape index (κ2) is 17.6. The summed E-state index contributed by atoms with van der Waals surface area (Å²) in [6.07, 6.45) is 9.08. The predicted octanol–water partition coefficient (Wildman–Crippen LogP) is 23.0. The zero-order valence-electron chi connectivity index (χ0n) is 48.9. The van der Waals surface area contributed by atoms with Gasteiger partial charge >= 0.3 is 0 Å². The first-order valence-corrected chi connectivity index (χ1v) is 30.3. The van der Waals surface area contributed by atoms with Crippen LogP contribution in [-0.4, -0.2) is 0 Å². The van der Waals surface area contributed by atoms with Crippen LogP contribution in [0, 0.1) is 0 Å². The molecule has 0 heteroatoms. The van der Waals surface area contributed by atoms with Crippen molar-refractivity contribution in [1.82, 2.24) is 0 Å². The Morgan fingerprint density at radius 1 is 0.321 bits per heavy atom. The van der Waals surface area contributed by atoms with E-state index in [2.05, 4.69) is 285 Å². The van der Waals surface area contributed by atoms with Crippen LogP contribution >= 0.6 is 0 Å². The quantitative estimate of drug-likeness (QED) is 0.146. The zero-order valence-corrected chi connectivity index (χ0v) is 48.9. The molecule has 0 nitrogen and oxygen atoms in total. The lowest BCUT2D eigenvalue weighted by Crippen LogP contribution is -2.15. The molecule has 0 saturated heterocycles. The third kappa shape index (κ3) is 7.26. The number of hydrogen-bond donors (Lipinski definition) is 0. The third-order valence-corrected chi connectivity index (χ3v) is 20.3. The Bertz CT molecular complexity index is 5020. The molecule has 13 aromatic carbocycles. The molecule has 0 unspecified atom stereocenters. The van der Waals surface area contributed by atoms with E-state index in [0.29, 0.717) is 0 Å². The predicted molar refractivity (Wildman–Crippen MR) is 359 cm³/mol. The SMILES string of the molecule is CC(C)(C)c1cc2ccc3ccc(-c4ccc(-c5ccc6c(c5)C(C)(C)c5cc(-c7ccc8c(c7)C(C)(C)c7cc(-c9ccc(-c%10ccc(-c%11ccc%12ccc%13c%14c%12c%11CC=C%14CC=C%13)cc%10)cc9)ccc7-8)ccc5-6)cc4)c4ccc(c1)c2c34. The molecule has 84 heavy (non-hydrogen) atoms. The summed E-state index contributed by atoms with van der Waals surface area (Å²) in [5, 5.41) is 10.8. The summed E-state index contributed by atoms with van der Waals surface area (Å²) in [4.78, 5) is 0. The monoisotopic (exact) mass is 1070 g/mol. The van der Waals surface area contributed by atoms with Crippen LogP contribution in [-0.2, 0) is 22.7 Å². The lowest BCUT2D eigenvalue weighted by molar-refractivity contribution is 0.591. The van der Waals surface area contributed by atoms with Crippen molar-refractivity contribution >= 4 is 54.7 Å². The van der Waals surface area contributed by atoms with Crippen LogP contribution < -0.4 is 0 Å². The fourth-order valence-electron chi connectivity index (χ4n) is 15.5. The van der Waals surface area contributed by atoms with Gasteiger partial charge in [-0.2, -0.15) is 0 Å². The van der Waals surface area contributed by atoms with Gasteiger partial charge in [-0.25, -0.2) is 0 Å². The molecule has 0 spiro atoms. The summed E-state index contributed by atoms with van der Waals surface area (Å²) >= 11 is 0. The molecule has 0 atom stereocenters. The van der Waals surface area contributed by atoms with Crippen molar-refractivity contribution in [2.75, 3.05) is 0 Å². The maximum atomic E-state index is 2.48. The molecule has 0 radical (unpaired) electrons. The molecule has 0 N–H and O–H groups in total. The molecule has 0 aliphatic heterocycles. The van der Waals surface area contributed by atoms with Gasteiger partial charge in [0.2, 0.25) is 0 Å². The minimum Gasteiger partial charge on any atom is -0.0795 e. The molecule has 400 valence electrons. The Kier molecular flexibility index (Phi) is 10.3. The van der Waals surface area contributed by atoms with Crippen LogP contribution in [0.15, 0.2) is 231 Å². The van der Waals surface area contributed by atoms with Crippen molar-refractivity contribution in [1.29, 1.82) is 0 Å². The maximum absolute atomic E-state index is 2.48. The van der Waals surface area contributed by atoms with Crippen molar-refractivity contribution in [2.24, 2.45) is 0 Å². The number of fused-ring (bicyclic) bond motifs is 6. The molecule has 17 rings (SSSR count). The van der Waals surface area contributed by atoms with Crippen LogP contribution in [0.2, 0.25) is 0 Å². The molecule has 13 aromatic rings. The Morgan fingerprint density at radius 2 is 0.702 bits per heavy atom. The fraction of sp³-hybridized carbons (Fsp3) is 0.143. The van der Waals surface area contributed by atoms with Crippen molar-refractivity contribution < 1.29 is 0 Å². The molecular formula is C84H64. The highest BCUT2D eigenvalue weighted by Crippen LogP contribution is 2.54. The first-order chi connectivity index (χ1) is 40.7. The summed E-state index contributed by atoms with van der Waals surface area (Å²) in [6.45, 7) is 16.6. The van der Waals surface area contributed by atoms with E-state index in [0.717, 1.165) is 12.8 Å². The van der Waals surface area contributed by atoms with E-state index in [-0.39, 0.29) is 16.2 Å². The van der Waals surface area contributed by atoms with Gasteiger partial charge in [-0.3, -0.25) is 0 Å². The molecule has 0 saturated carbocycles. The smallest absolute Gasteiger partial charge is 0.0159 e. The van der Waals surface area contributed by atoms with E-state index < -0.39 is 0 Å². The Labute approximate surface area is 493 Å². The van der Waals surface area contributed by atoms with Gasteiger partial charge in [0.1, 0.15) is 0 Å². The van der Waals surface area contributed by atoms with Gasteiger partial charge in [-0.15, -0.1) is 0 Å². The van der Waals surface area contributed by atoms with Crippen LogP contribution in [0.1, 0.15) is 99.4 Å². The van der Waals surface area contributed by atoms with Crippen molar-refractivity contribution in [3.63, 3.8) is 0 Å². The van der Waals surface area contributed by atoms with Crippen LogP contribution in [0.25, 0.3) is 144 Å². The van der Waals surface area contributed by atoms with E-state index in [1.54, 1.807) is 0 Å². The molecule has 0 aromatic heterocycles. The molecule has 0 bridgehead atoms. The Hall–Kier alpha value is -9.36. The van der Waals surface area contributed by atoms with Gasteiger partial charge in [0, 0.05) is 10.8 Å². The van der Waals surface area contributed by atoms with Gasteiger partial charge in [-0.05, 0) is 225 Å². The second-order valence-electron chi connectivity index (χ2n) is 26.7. The van der Waals surface area contributed by atoms with E-state index in [4.69, 9.17) is 0 Å². The number of rotatable bonds is 6. The summed E-state index contributed by atoms with van der Waals surface area (Å²) in [5.41, 5.74) is 33.0. The zero-order chi connectivity index (χ0) is 56.5. The summed E-state index contributed by atoms with van der Waals surface area (Å²) < 4.78 is 0. The van der Waals surface area contributed by atoms with E-state index in [9.17, 15) is 0 Å². The first-order valence-electron chi connectivity index (χ1n) is 30.3. The molecular weight excluding hydrogens is 1010 g/mol. The maximum Gasteiger partial charge on any atom is 0.0159 e. The van der Waals surface area contributed by atoms with Crippen molar-refractivity contribution in [3.05, 3.63) is 275 Å². The summed E-state index contributed by atoms with van der Waals surface area (Å²) in [7, 11) is 0. The first kappa shape index (κ1) is 49.3. The van der Waals surface area contributed by atoms with Crippen molar-refractivity contribution in [2.45, 2.75) is 77.6 Å². The highest BCUT2D eigenvalue weighted by atomic mass is 14.4. The summed E-state index contributed by atoms with van der Waals surface area (Å²) in [6, 6.07) is 84.3. The average molecular weight is 1070 g/mol. The van der Waals surface area contributed by atoms with Crippen molar-refractivity contribution in [3.8, 4) is 89.0 Å². The Balaban J connectivity index is 0.614. The minimum atomic E-state index is -0.160. The molecule has 4 aliphatic rings. The lowest BCUT2D eigenvalue weighted by Gasteiger charge is -2.25. The van der Waals surface area contributed by atoms with Crippen LogP contribution in [0.3, 0.4) is 0 Å². The second-order valence-corrected chi connectivity index (χ2v) is 26.7. The van der Waals surface area contributed by atoms with E-state index in [1.807, 2.05) is 0 Å². The van der Waals surface area contributed by atoms with E-state index in [1.165, 1.54) is 182 Å². The highest BCUT2D eigenvalue weighted by molar-refractivity contribution is 6.25. The van der Waals surface area contributed by atoms with Gasteiger partial charge in [0.05, 0.1) is 0 Å². The Morgan fingerprint density at radius 3 is 1.21 bits per heavy atom. The lowest BCUT2D eigenvalue weighted by atomic mass is 9.79. The molecule has 4 aliphatic carbocycles. The van der Waals surface area contributed by atoms with Crippen LogP contribution in [0.4, 0.5) is 0 Å². The standard InChI is InChI=1S/C84H64/c1-82(2,3)65-43-63-26-25-58-28-36-67(73-42-34-64(44-65)79(63)81(58)73)54-21-17-52(18-22-54)60-31-38-69-71-40-33-62(48-77(71)84(6,7)75(69)46-60)61-32-39-70-68-37-30-59(45-74(68)83(4,5)76(70)47-61)51-13-11-49(12-14-51)50-15-19-53(20-16-50)66-35-27-57-24-23-55-9-8-10-56-29-41-72(66)80(57)78(55)56/h8-9,11-40,42-48H,10,41H2,1-7H3. The summed E-state index contributed by atoms with van der Waals surface area (Å²) in [5.74, 6) is 0. The average Bonchev–Trinajstić information content (AvgIpc) is 3.58. The molecule has 0 fully saturated rings. The fourth-order valence-corrected chi connectivity index (χ4v) is 15.5. The number of hydrogen-bond acceptors (Lipinski definition) is 0. The topological polar surface area (TPSA) is 0 Å². The van der Waals surface area contributed by atoms with Gasteiger partial charge in [-0.1, -0.05) is 261 Å². The van der Waals surface area contributed by atoms with Gasteiger partial charge in [0.15, 0.2) is 0 Å². The highest BCUT2D eigenvalue weighted by Gasteiger charge is 2.38. The normalized spacial score (nSPS) is 15.0.